The van der Waals surface area contributed by atoms with Gasteiger partial charge in [0.15, 0.2) is 23.5 Å². The van der Waals surface area contributed by atoms with Gasteiger partial charge in [-0.05, 0) is 39.8 Å². The number of ether oxygens (including phenoxy) is 4. The van der Waals surface area contributed by atoms with Crippen molar-refractivity contribution in [3.05, 3.63) is 57.6 Å². The molecule has 256 valence electrons. The Hall–Kier alpha value is -3.08. The Kier molecular flexibility index (Phi) is 9.81. The lowest BCUT2D eigenvalue weighted by Gasteiger charge is -2.47. The van der Waals surface area contributed by atoms with Gasteiger partial charge in [-0.3, -0.25) is 28.0 Å². The lowest BCUT2D eigenvalue weighted by molar-refractivity contribution is -0.321. The van der Waals surface area contributed by atoms with E-state index in [0.29, 0.717) is 0 Å². The van der Waals surface area contributed by atoms with Gasteiger partial charge >= 0.3 is 7.82 Å². The van der Waals surface area contributed by atoms with Gasteiger partial charge in [0.05, 0.1) is 30.4 Å². The fraction of sp³-hybridized carbons (Fsp3) is 0.516. The molecule has 4 N–H and O–H groups in total. The Morgan fingerprint density at radius 2 is 1.57 bits per heavy atom. The van der Waals surface area contributed by atoms with E-state index < -0.39 is 90.7 Å². The van der Waals surface area contributed by atoms with Gasteiger partial charge in [-0.25, -0.2) is 4.57 Å². The minimum absolute atomic E-state index is 0.129. The van der Waals surface area contributed by atoms with Gasteiger partial charge in [0.25, 0.3) is 0 Å². The Morgan fingerprint density at radius 1 is 0.915 bits per heavy atom. The molecule has 2 aromatic carbocycles. The molecule has 0 saturated carbocycles. The summed E-state index contributed by atoms with van der Waals surface area (Å²) in [5.41, 5.74) is -4.28. The Morgan fingerprint density at radius 3 is 2.17 bits per heavy atom. The predicted octanol–water partition coefficient (Wildman–Crippen LogP) is 2.58. The van der Waals surface area contributed by atoms with Crippen molar-refractivity contribution in [2.75, 3.05) is 27.4 Å². The monoisotopic (exact) mass is 680 g/mol. The SMILES string of the molecule is CCOP(=O)(OCC)O[C@]1(C)C(=O)c2cc3c(c(O)c2[C@@H](O[C@@H]2O[C@@H](C)[C@H](O)[C@@H](O)[C@H]2OC)[C@@H]1OC)C(=O)c1c(O)cccc1C3=O. The van der Waals surface area contributed by atoms with E-state index in [2.05, 4.69) is 0 Å². The Balaban J connectivity index is 1.75. The van der Waals surface area contributed by atoms with Crippen LogP contribution in [-0.2, 0) is 37.1 Å². The molecule has 0 radical (unpaired) electrons. The van der Waals surface area contributed by atoms with Gasteiger partial charge in [-0.15, -0.1) is 0 Å². The zero-order chi connectivity index (χ0) is 34.6. The van der Waals surface area contributed by atoms with Crippen molar-refractivity contribution < 1.29 is 71.9 Å². The molecule has 0 aromatic heterocycles. The van der Waals surface area contributed by atoms with Crippen LogP contribution >= 0.6 is 7.82 Å². The molecule has 0 amide bonds. The normalized spacial score (nSPS) is 30.6. The van der Waals surface area contributed by atoms with E-state index in [1.165, 1.54) is 60.1 Å². The number of methoxy groups -OCH3 is 2. The van der Waals surface area contributed by atoms with E-state index in [1.54, 1.807) is 0 Å². The highest BCUT2D eigenvalue weighted by atomic mass is 31.2. The second-order valence-corrected chi connectivity index (χ2v) is 13.0. The highest BCUT2D eigenvalue weighted by Crippen LogP contribution is 2.58. The fourth-order valence-corrected chi connectivity index (χ4v) is 7.83. The van der Waals surface area contributed by atoms with Crippen LogP contribution in [0.4, 0.5) is 0 Å². The maximum absolute atomic E-state index is 14.5. The van der Waals surface area contributed by atoms with Crippen LogP contribution in [0, 0.1) is 0 Å². The topological polar surface area (TPSA) is 214 Å². The summed E-state index contributed by atoms with van der Waals surface area (Å²) in [5, 5.41) is 43.5. The lowest BCUT2D eigenvalue weighted by Crippen LogP contribution is -2.61. The van der Waals surface area contributed by atoms with E-state index >= 15 is 0 Å². The summed E-state index contributed by atoms with van der Waals surface area (Å²) in [7, 11) is -2.05. The van der Waals surface area contributed by atoms with Gasteiger partial charge < -0.3 is 39.4 Å². The number of aliphatic hydroxyl groups excluding tert-OH is 2. The fourth-order valence-electron chi connectivity index (χ4n) is 6.37. The molecule has 3 aliphatic rings. The number of aromatic hydroxyl groups is 2. The highest BCUT2D eigenvalue weighted by molar-refractivity contribution is 7.48. The first-order chi connectivity index (χ1) is 22.2. The molecule has 2 aliphatic carbocycles. The van der Waals surface area contributed by atoms with Crippen LogP contribution < -0.4 is 0 Å². The first kappa shape index (κ1) is 35.2. The number of ketones is 3. The molecule has 1 heterocycles. The number of Topliss-reactive ketones (excluding diaryl/α,β-unsaturated/α-hetero) is 1. The molecule has 5 rings (SSSR count). The summed E-state index contributed by atoms with van der Waals surface area (Å²) >= 11 is 0. The van der Waals surface area contributed by atoms with Crippen LogP contribution in [0.15, 0.2) is 24.3 Å². The second kappa shape index (κ2) is 13.1. The number of fused-ring (bicyclic) bond motifs is 3. The van der Waals surface area contributed by atoms with Crippen LogP contribution in [-0.4, -0.2) is 108 Å². The van der Waals surface area contributed by atoms with Crippen molar-refractivity contribution in [3.8, 4) is 11.5 Å². The number of carbonyl (C=O) groups is 3. The third-order valence-corrected chi connectivity index (χ3v) is 10.3. The highest BCUT2D eigenvalue weighted by Gasteiger charge is 2.60. The number of hydrogen-bond donors (Lipinski definition) is 4. The summed E-state index contributed by atoms with van der Waals surface area (Å²) in [6, 6.07) is 4.99. The summed E-state index contributed by atoms with van der Waals surface area (Å²) < 4.78 is 53.5. The third kappa shape index (κ3) is 5.64. The van der Waals surface area contributed by atoms with Gasteiger partial charge in [0.1, 0.15) is 42.0 Å². The molecule has 1 saturated heterocycles. The van der Waals surface area contributed by atoms with Crippen LogP contribution in [0.25, 0.3) is 0 Å². The minimum Gasteiger partial charge on any atom is -0.507 e. The average Bonchev–Trinajstić information content (AvgIpc) is 3.01. The lowest BCUT2D eigenvalue weighted by atomic mass is 9.72. The van der Waals surface area contributed by atoms with Crippen molar-refractivity contribution in [2.45, 2.75) is 76.2 Å². The molecular formula is C31H37O15P. The number of hydrogen-bond acceptors (Lipinski definition) is 15. The van der Waals surface area contributed by atoms with E-state index in [1.807, 2.05) is 0 Å². The number of phenols is 2. The number of rotatable bonds is 10. The van der Waals surface area contributed by atoms with E-state index in [-0.39, 0.29) is 41.0 Å². The largest absolute Gasteiger partial charge is 0.507 e. The zero-order valence-corrected chi connectivity index (χ0v) is 27.4. The summed E-state index contributed by atoms with van der Waals surface area (Å²) in [4.78, 5) is 41.9. The van der Waals surface area contributed by atoms with Crippen molar-refractivity contribution in [2.24, 2.45) is 0 Å². The maximum atomic E-state index is 14.5. The molecule has 1 aliphatic heterocycles. The number of benzene rings is 2. The van der Waals surface area contributed by atoms with Gasteiger partial charge in [0, 0.05) is 36.5 Å². The standard InChI is InChI=1S/C31H37O15P/c1-7-42-47(39,43-8-2)46-31(4)28(38)16-12-15-19(23(35)18-14(22(15)34)10-9-11-17(18)32)24(36)20(16)26(29(31)41-6)45-30-27(40-5)25(37)21(33)13(3)44-30/h9-13,21,25-27,29-30,32-33,36-37H,7-8H2,1-6H3/t13-,21-,25+,26+,27+,29-,30-,31+/m0/s1. The summed E-state index contributed by atoms with van der Waals surface area (Å²) in [6.07, 6.45) is -9.86. The number of carbonyl (C=O) groups excluding carboxylic acids is 3. The molecule has 47 heavy (non-hydrogen) atoms. The molecule has 1 fully saturated rings. The van der Waals surface area contributed by atoms with Gasteiger partial charge in [-0.1, -0.05) is 12.1 Å². The first-order valence-corrected chi connectivity index (χ1v) is 16.3. The van der Waals surface area contributed by atoms with Crippen LogP contribution in [0.1, 0.15) is 81.6 Å². The molecule has 16 heteroatoms. The molecule has 0 spiro atoms. The van der Waals surface area contributed by atoms with Crippen LogP contribution in [0.2, 0.25) is 0 Å². The van der Waals surface area contributed by atoms with Crippen LogP contribution in [0.5, 0.6) is 11.5 Å². The van der Waals surface area contributed by atoms with Crippen molar-refractivity contribution in [1.82, 2.24) is 0 Å². The molecule has 8 atom stereocenters. The average molecular weight is 681 g/mol. The van der Waals surface area contributed by atoms with E-state index in [4.69, 9.17) is 32.5 Å². The molecule has 15 nitrogen and oxygen atoms in total. The van der Waals surface area contributed by atoms with Crippen molar-refractivity contribution in [1.29, 1.82) is 0 Å². The van der Waals surface area contributed by atoms with E-state index in [0.717, 1.165) is 6.07 Å². The van der Waals surface area contributed by atoms with Crippen molar-refractivity contribution in [3.63, 3.8) is 0 Å². The number of phosphoric ester groups is 1. The second-order valence-electron chi connectivity index (χ2n) is 11.4. The maximum Gasteiger partial charge on any atom is 0.475 e. The van der Waals surface area contributed by atoms with Gasteiger partial charge in [0.2, 0.25) is 5.78 Å². The first-order valence-electron chi connectivity index (χ1n) is 14.9. The van der Waals surface area contributed by atoms with E-state index in [9.17, 15) is 39.4 Å². The number of aliphatic hydroxyl groups is 2. The number of phenolic OH excluding ortho intramolecular Hbond substituents is 2. The molecular weight excluding hydrogens is 643 g/mol. The zero-order valence-electron chi connectivity index (χ0n) is 26.5. The quantitative estimate of drug-likeness (QED) is 0.227. The Labute approximate surface area is 269 Å². The minimum atomic E-state index is -4.47. The molecule has 0 bridgehead atoms. The third-order valence-electron chi connectivity index (χ3n) is 8.59. The molecule has 2 aromatic rings. The van der Waals surface area contributed by atoms with Crippen LogP contribution in [0.3, 0.4) is 0 Å². The molecule has 0 unspecified atom stereocenters. The number of phosphoric acid groups is 1. The smallest absolute Gasteiger partial charge is 0.475 e. The van der Waals surface area contributed by atoms with Gasteiger partial charge in [-0.2, -0.15) is 0 Å². The Bertz CT molecular complexity index is 1630. The predicted molar refractivity (Wildman–Crippen MR) is 160 cm³/mol. The summed E-state index contributed by atoms with van der Waals surface area (Å²) in [6.45, 7) is 5.51. The van der Waals surface area contributed by atoms with Crippen molar-refractivity contribution >= 4 is 25.2 Å². The summed E-state index contributed by atoms with van der Waals surface area (Å²) in [5.74, 6) is -3.92.